The number of hydrogen-bond donors (Lipinski definition) is 1. The van der Waals surface area contributed by atoms with Gasteiger partial charge < -0.3 is 10.1 Å². The lowest BCUT2D eigenvalue weighted by atomic mass is 10.2. The molecule has 1 saturated heterocycles. The number of ether oxygens (including phenoxy) is 1. The van der Waals surface area contributed by atoms with E-state index in [-0.39, 0.29) is 4.90 Å². The molecular weight excluding hydrogens is 280 g/mol. The number of methoxy groups -OCH3 is 1. The Hall–Kier alpha value is -1.44. The third-order valence-corrected chi connectivity index (χ3v) is 5.13. The zero-order valence-corrected chi connectivity index (χ0v) is 12.1. The standard InChI is InChI=1S/C13H18N2O4S/c1-19-13(16)11-3-5-12(6-4-11)20(17,18)15-9-2-7-14-8-10-15/h3-6,14H,2,7-10H2,1H3. The zero-order valence-electron chi connectivity index (χ0n) is 11.3. The minimum absolute atomic E-state index is 0.201. The average Bonchev–Trinajstić information content (AvgIpc) is 2.76. The summed E-state index contributed by atoms with van der Waals surface area (Å²) in [5.74, 6) is -0.479. The van der Waals surface area contributed by atoms with Crippen molar-refractivity contribution >= 4 is 16.0 Å². The van der Waals surface area contributed by atoms with E-state index in [1.807, 2.05) is 0 Å². The van der Waals surface area contributed by atoms with Gasteiger partial charge in [-0.3, -0.25) is 0 Å². The Morgan fingerprint density at radius 1 is 1.20 bits per heavy atom. The summed E-state index contributed by atoms with van der Waals surface area (Å²) < 4.78 is 31.0. The predicted octanol–water partition coefficient (Wildman–Crippen LogP) is 0.457. The van der Waals surface area contributed by atoms with Gasteiger partial charge in [-0.2, -0.15) is 4.31 Å². The highest BCUT2D eigenvalue weighted by atomic mass is 32.2. The highest BCUT2D eigenvalue weighted by molar-refractivity contribution is 7.89. The van der Waals surface area contributed by atoms with E-state index < -0.39 is 16.0 Å². The van der Waals surface area contributed by atoms with Crippen molar-refractivity contribution in [3.05, 3.63) is 29.8 Å². The molecule has 0 spiro atoms. The summed E-state index contributed by atoms with van der Waals surface area (Å²) in [6.07, 6.45) is 0.791. The Bertz CT molecular complexity index is 561. The molecule has 1 fully saturated rings. The maximum Gasteiger partial charge on any atom is 0.337 e. The van der Waals surface area contributed by atoms with Gasteiger partial charge in [0.25, 0.3) is 0 Å². The van der Waals surface area contributed by atoms with Crippen LogP contribution in [0, 0.1) is 0 Å². The van der Waals surface area contributed by atoms with Crippen molar-refractivity contribution in [1.29, 1.82) is 0 Å². The van der Waals surface area contributed by atoms with Crippen molar-refractivity contribution in [2.24, 2.45) is 0 Å². The summed E-state index contributed by atoms with van der Waals surface area (Å²) in [5, 5.41) is 3.17. The van der Waals surface area contributed by atoms with Gasteiger partial charge in [0, 0.05) is 19.6 Å². The second-order valence-corrected chi connectivity index (χ2v) is 6.46. The van der Waals surface area contributed by atoms with Crippen LogP contribution in [-0.2, 0) is 14.8 Å². The van der Waals surface area contributed by atoms with Crippen LogP contribution in [0.1, 0.15) is 16.8 Å². The molecular formula is C13H18N2O4S. The number of carbonyl (C=O) groups is 1. The van der Waals surface area contributed by atoms with Crippen LogP contribution in [0.2, 0.25) is 0 Å². The topological polar surface area (TPSA) is 75.7 Å². The molecule has 1 heterocycles. The average molecular weight is 298 g/mol. The van der Waals surface area contributed by atoms with Gasteiger partial charge in [0.05, 0.1) is 17.6 Å². The van der Waals surface area contributed by atoms with Crippen LogP contribution in [0.25, 0.3) is 0 Å². The molecule has 2 rings (SSSR count). The molecule has 0 amide bonds. The lowest BCUT2D eigenvalue weighted by Gasteiger charge is -2.19. The Balaban J connectivity index is 2.22. The number of nitrogens with zero attached hydrogens (tertiary/aromatic N) is 1. The van der Waals surface area contributed by atoms with Crippen molar-refractivity contribution in [1.82, 2.24) is 9.62 Å². The Morgan fingerprint density at radius 3 is 2.55 bits per heavy atom. The molecule has 20 heavy (non-hydrogen) atoms. The first-order valence-corrected chi connectivity index (χ1v) is 7.89. The van der Waals surface area contributed by atoms with Crippen molar-refractivity contribution in [3.63, 3.8) is 0 Å². The van der Waals surface area contributed by atoms with E-state index in [2.05, 4.69) is 10.1 Å². The number of nitrogens with one attached hydrogen (secondary N) is 1. The van der Waals surface area contributed by atoms with E-state index in [4.69, 9.17) is 0 Å². The Kier molecular flexibility index (Phi) is 4.74. The summed E-state index contributed by atoms with van der Waals surface area (Å²) in [6.45, 7) is 2.45. The number of benzene rings is 1. The van der Waals surface area contributed by atoms with Gasteiger partial charge >= 0.3 is 5.97 Å². The van der Waals surface area contributed by atoms with Crippen molar-refractivity contribution in [2.75, 3.05) is 33.3 Å². The monoisotopic (exact) mass is 298 g/mol. The number of esters is 1. The first-order chi connectivity index (χ1) is 9.55. The molecule has 7 heteroatoms. The Labute approximate surface area is 118 Å². The molecule has 0 atom stereocenters. The molecule has 1 aliphatic heterocycles. The second-order valence-electron chi connectivity index (χ2n) is 4.52. The van der Waals surface area contributed by atoms with Gasteiger partial charge in [-0.15, -0.1) is 0 Å². The van der Waals surface area contributed by atoms with Crippen molar-refractivity contribution < 1.29 is 17.9 Å². The molecule has 1 aromatic rings. The van der Waals surface area contributed by atoms with Crippen LogP contribution in [0.5, 0.6) is 0 Å². The van der Waals surface area contributed by atoms with Crippen molar-refractivity contribution in [3.8, 4) is 0 Å². The predicted molar refractivity (Wildman–Crippen MR) is 74.0 cm³/mol. The minimum atomic E-state index is -3.49. The van der Waals surface area contributed by atoms with E-state index in [0.717, 1.165) is 13.0 Å². The fourth-order valence-electron chi connectivity index (χ4n) is 2.09. The normalized spacial score (nSPS) is 17.4. The summed E-state index contributed by atoms with van der Waals surface area (Å²) in [7, 11) is -2.20. The van der Waals surface area contributed by atoms with E-state index in [0.29, 0.717) is 25.2 Å². The lowest BCUT2D eigenvalue weighted by Crippen LogP contribution is -2.34. The fraction of sp³-hybridized carbons (Fsp3) is 0.462. The van der Waals surface area contributed by atoms with Gasteiger partial charge in [-0.25, -0.2) is 13.2 Å². The molecule has 0 saturated carbocycles. The van der Waals surface area contributed by atoms with Gasteiger partial charge in [0.15, 0.2) is 0 Å². The van der Waals surface area contributed by atoms with Crippen LogP contribution in [0.15, 0.2) is 29.2 Å². The van der Waals surface area contributed by atoms with E-state index in [1.165, 1.54) is 35.7 Å². The van der Waals surface area contributed by atoms with E-state index in [1.54, 1.807) is 0 Å². The molecule has 1 aromatic carbocycles. The molecule has 1 aliphatic rings. The second kappa shape index (κ2) is 6.34. The quantitative estimate of drug-likeness (QED) is 0.820. The number of hydrogen-bond acceptors (Lipinski definition) is 5. The zero-order chi connectivity index (χ0) is 14.6. The number of sulfonamides is 1. The maximum atomic E-state index is 12.5. The molecule has 1 N–H and O–H groups in total. The largest absolute Gasteiger partial charge is 0.465 e. The third-order valence-electron chi connectivity index (χ3n) is 3.21. The van der Waals surface area contributed by atoms with Crippen LogP contribution >= 0.6 is 0 Å². The van der Waals surface area contributed by atoms with Crippen LogP contribution < -0.4 is 5.32 Å². The van der Waals surface area contributed by atoms with Crippen LogP contribution in [0.3, 0.4) is 0 Å². The van der Waals surface area contributed by atoms with Crippen molar-refractivity contribution in [2.45, 2.75) is 11.3 Å². The van der Waals surface area contributed by atoms with Crippen LogP contribution in [0.4, 0.5) is 0 Å². The summed E-state index contributed by atoms with van der Waals surface area (Å²) in [5.41, 5.74) is 0.337. The van der Waals surface area contributed by atoms with Gasteiger partial charge in [-0.05, 0) is 37.2 Å². The maximum absolute atomic E-state index is 12.5. The first-order valence-electron chi connectivity index (χ1n) is 6.45. The molecule has 0 bridgehead atoms. The minimum Gasteiger partial charge on any atom is -0.465 e. The number of rotatable bonds is 3. The van der Waals surface area contributed by atoms with Gasteiger partial charge in [-0.1, -0.05) is 0 Å². The molecule has 6 nitrogen and oxygen atoms in total. The number of carbonyl (C=O) groups excluding carboxylic acids is 1. The molecule has 0 unspecified atom stereocenters. The highest BCUT2D eigenvalue weighted by Gasteiger charge is 2.25. The SMILES string of the molecule is COC(=O)c1ccc(S(=O)(=O)N2CCCNCC2)cc1. The van der Waals surface area contributed by atoms with E-state index >= 15 is 0 Å². The summed E-state index contributed by atoms with van der Waals surface area (Å²) >= 11 is 0. The highest BCUT2D eigenvalue weighted by Crippen LogP contribution is 2.17. The lowest BCUT2D eigenvalue weighted by molar-refractivity contribution is 0.0600. The molecule has 0 aliphatic carbocycles. The van der Waals surface area contributed by atoms with Gasteiger partial charge in [0.2, 0.25) is 10.0 Å². The smallest absolute Gasteiger partial charge is 0.337 e. The summed E-state index contributed by atoms with van der Waals surface area (Å²) in [6, 6.07) is 5.82. The fourth-order valence-corrected chi connectivity index (χ4v) is 3.57. The van der Waals surface area contributed by atoms with E-state index in [9.17, 15) is 13.2 Å². The first kappa shape index (κ1) is 15.0. The molecule has 110 valence electrons. The Morgan fingerprint density at radius 2 is 1.90 bits per heavy atom. The van der Waals surface area contributed by atoms with Crippen LogP contribution in [-0.4, -0.2) is 52.0 Å². The molecule has 0 radical (unpaired) electrons. The third kappa shape index (κ3) is 3.17. The van der Waals surface area contributed by atoms with Gasteiger partial charge in [0.1, 0.15) is 0 Å². The molecule has 0 aromatic heterocycles. The summed E-state index contributed by atoms with van der Waals surface area (Å²) in [4.78, 5) is 11.5.